The molecule has 19 heavy (non-hydrogen) atoms. The number of hydrogen-bond donors (Lipinski definition) is 0. The molecule has 0 fully saturated rings. The summed E-state index contributed by atoms with van der Waals surface area (Å²) in [5, 5.41) is 12.2. The fourth-order valence-corrected chi connectivity index (χ4v) is 2.62. The minimum absolute atomic E-state index is 0.145. The van der Waals surface area contributed by atoms with Crippen LogP contribution in [-0.2, 0) is 0 Å². The third-order valence-corrected chi connectivity index (χ3v) is 3.91. The van der Waals surface area contributed by atoms with Crippen LogP contribution in [0.2, 0.25) is 0 Å². The van der Waals surface area contributed by atoms with Gasteiger partial charge in [-0.3, -0.25) is 0 Å². The van der Waals surface area contributed by atoms with Crippen LogP contribution >= 0.6 is 0 Å². The lowest BCUT2D eigenvalue weighted by atomic mass is 10.1. The highest BCUT2D eigenvalue weighted by molar-refractivity contribution is 5.04. The summed E-state index contributed by atoms with van der Waals surface area (Å²) in [7, 11) is 0. The Hall–Kier alpha value is -0.600. The number of allylic oxidation sites excluding steroid dienone is 2. The smallest absolute Gasteiger partial charge is 0.102 e. The average molecular weight is 265 g/mol. The van der Waals surface area contributed by atoms with Gasteiger partial charge in [-0.05, 0) is 25.0 Å². The molecule has 2 nitrogen and oxygen atoms in total. The van der Waals surface area contributed by atoms with E-state index in [1.54, 1.807) is 6.20 Å². The van der Waals surface area contributed by atoms with Crippen LogP contribution in [0.4, 0.5) is 0 Å². The van der Waals surface area contributed by atoms with Crippen molar-refractivity contribution in [1.29, 1.82) is 0 Å². The van der Waals surface area contributed by atoms with Gasteiger partial charge in [-0.2, -0.15) is 0 Å². The zero-order valence-electron chi connectivity index (χ0n) is 12.7. The summed E-state index contributed by atoms with van der Waals surface area (Å²) in [5.74, 6) is 0. The van der Waals surface area contributed by atoms with E-state index in [1.807, 2.05) is 18.2 Å². The Morgan fingerprint density at radius 3 is 1.95 bits per heavy atom. The molecule has 0 aromatic heterocycles. The first-order chi connectivity index (χ1) is 9.27. The van der Waals surface area contributed by atoms with Crippen LogP contribution < -0.4 is 0 Å². The van der Waals surface area contributed by atoms with Crippen molar-refractivity contribution in [3.8, 4) is 0 Å². The number of hydroxylamine groups is 3. The minimum atomic E-state index is -0.145. The molecule has 0 aromatic carbocycles. The highest BCUT2D eigenvalue weighted by atomic mass is 16.5. The van der Waals surface area contributed by atoms with Crippen molar-refractivity contribution in [2.45, 2.75) is 71.1 Å². The molecule has 0 radical (unpaired) electrons. The van der Waals surface area contributed by atoms with E-state index in [1.165, 1.54) is 57.8 Å². The predicted octanol–water partition coefficient (Wildman–Crippen LogP) is 5.31. The fourth-order valence-electron chi connectivity index (χ4n) is 2.62. The van der Waals surface area contributed by atoms with Gasteiger partial charge >= 0.3 is 0 Å². The van der Waals surface area contributed by atoms with Gasteiger partial charge < -0.3 is 9.85 Å². The maximum Gasteiger partial charge on any atom is 0.102 e. The third-order valence-electron chi connectivity index (χ3n) is 3.91. The molecule has 1 aliphatic rings. The van der Waals surface area contributed by atoms with Gasteiger partial charge in [0.2, 0.25) is 0 Å². The summed E-state index contributed by atoms with van der Waals surface area (Å²) in [5.41, 5.74) is 0. The molecule has 110 valence electrons. The van der Waals surface area contributed by atoms with Gasteiger partial charge in [-0.15, -0.1) is 0 Å². The van der Waals surface area contributed by atoms with Gasteiger partial charge in [0.25, 0.3) is 0 Å². The fraction of sp³-hybridized carbons (Fsp3) is 0.765. The van der Waals surface area contributed by atoms with Crippen molar-refractivity contribution in [2.75, 3.05) is 13.1 Å². The number of rotatable bonds is 11. The molecule has 1 aliphatic heterocycles. The first-order valence-corrected chi connectivity index (χ1v) is 8.19. The Morgan fingerprint density at radius 1 is 0.842 bits per heavy atom. The van der Waals surface area contributed by atoms with E-state index in [0.717, 1.165) is 13.0 Å². The molecular weight excluding hydrogens is 234 g/mol. The Labute approximate surface area is 119 Å². The molecule has 0 aliphatic carbocycles. The zero-order valence-corrected chi connectivity index (χ0v) is 12.7. The van der Waals surface area contributed by atoms with Crippen molar-refractivity contribution in [2.24, 2.45) is 0 Å². The van der Waals surface area contributed by atoms with Gasteiger partial charge in [0.15, 0.2) is 0 Å². The first kappa shape index (κ1) is 16.5. The van der Waals surface area contributed by atoms with E-state index in [0.29, 0.717) is 6.54 Å². The van der Waals surface area contributed by atoms with Gasteiger partial charge in [0.1, 0.15) is 6.54 Å². The molecule has 1 atom stereocenters. The van der Waals surface area contributed by atoms with E-state index in [-0.39, 0.29) is 4.65 Å². The second kappa shape index (κ2) is 10.2. The summed E-state index contributed by atoms with van der Waals surface area (Å²) in [6, 6.07) is 0. The van der Waals surface area contributed by atoms with Crippen LogP contribution in [-0.4, -0.2) is 17.7 Å². The maximum atomic E-state index is 12.2. The van der Waals surface area contributed by atoms with Crippen molar-refractivity contribution in [3.05, 3.63) is 29.6 Å². The maximum absolute atomic E-state index is 12.2. The van der Waals surface area contributed by atoms with Gasteiger partial charge in [-0.1, -0.05) is 64.4 Å². The first-order valence-electron chi connectivity index (χ1n) is 8.19. The van der Waals surface area contributed by atoms with E-state index >= 15 is 0 Å². The van der Waals surface area contributed by atoms with Crippen LogP contribution in [0.15, 0.2) is 24.4 Å². The van der Waals surface area contributed by atoms with Crippen molar-refractivity contribution in [1.82, 2.24) is 0 Å². The molecule has 1 rings (SSSR count). The quantitative estimate of drug-likeness (QED) is 0.282. The second-order valence-electron chi connectivity index (χ2n) is 5.81. The van der Waals surface area contributed by atoms with E-state index in [2.05, 4.69) is 6.92 Å². The average Bonchev–Trinajstić information content (AvgIpc) is 2.42. The minimum Gasteiger partial charge on any atom is -0.628 e. The van der Waals surface area contributed by atoms with Crippen LogP contribution in [0.3, 0.4) is 0 Å². The SMILES string of the molecule is CCCCCCCCCCCC[N+]1([O-])C=CC=CC1. The molecule has 0 spiro atoms. The Bertz CT molecular complexity index is 272. The summed E-state index contributed by atoms with van der Waals surface area (Å²) in [6.07, 6.45) is 20.9. The second-order valence-corrected chi connectivity index (χ2v) is 5.81. The Morgan fingerprint density at radius 2 is 1.42 bits per heavy atom. The van der Waals surface area contributed by atoms with Crippen molar-refractivity contribution in [3.63, 3.8) is 0 Å². The molecule has 0 N–H and O–H groups in total. The van der Waals surface area contributed by atoms with Crippen molar-refractivity contribution >= 4 is 0 Å². The third kappa shape index (κ3) is 8.22. The summed E-state index contributed by atoms with van der Waals surface area (Å²) < 4.78 is -0.145. The lowest BCUT2D eigenvalue weighted by Gasteiger charge is -2.39. The number of quaternary nitrogens is 1. The standard InChI is InChI=1S/C17H31NO/c1-2-3-4-5-6-7-8-9-10-12-15-18(19)16-13-11-14-17-18/h11,13-14,16H,2-10,12,15,17H2,1H3. The normalized spacial score (nSPS) is 22.0. The lowest BCUT2D eigenvalue weighted by molar-refractivity contribution is -0.823. The molecule has 0 saturated carbocycles. The highest BCUT2D eigenvalue weighted by Crippen LogP contribution is 2.15. The Balaban J connectivity index is 1.86. The largest absolute Gasteiger partial charge is 0.628 e. The van der Waals surface area contributed by atoms with E-state index in [9.17, 15) is 5.21 Å². The number of unbranched alkanes of at least 4 members (excludes halogenated alkanes) is 9. The topological polar surface area (TPSA) is 23.1 Å². The molecule has 1 unspecified atom stereocenters. The molecular formula is C17H31NO. The van der Waals surface area contributed by atoms with Gasteiger partial charge in [-0.25, -0.2) is 0 Å². The van der Waals surface area contributed by atoms with Crippen LogP contribution in [0.25, 0.3) is 0 Å². The number of nitrogens with zero attached hydrogens (tertiary/aromatic N) is 1. The lowest BCUT2D eigenvalue weighted by Crippen LogP contribution is -2.38. The summed E-state index contributed by atoms with van der Waals surface area (Å²) in [6.45, 7) is 3.63. The zero-order chi connectivity index (χ0) is 13.8. The van der Waals surface area contributed by atoms with Crippen LogP contribution in [0.5, 0.6) is 0 Å². The molecule has 2 heteroatoms. The molecule has 0 bridgehead atoms. The molecule has 0 saturated heterocycles. The monoisotopic (exact) mass is 265 g/mol. The van der Waals surface area contributed by atoms with Crippen molar-refractivity contribution < 1.29 is 4.65 Å². The van der Waals surface area contributed by atoms with Gasteiger partial charge in [0, 0.05) is 0 Å². The van der Waals surface area contributed by atoms with Crippen LogP contribution in [0, 0.1) is 5.21 Å². The Kier molecular flexibility index (Phi) is 8.85. The van der Waals surface area contributed by atoms with E-state index < -0.39 is 0 Å². The summed E-state index contributed by atoms with van der Waals surface area (Å²) in [4.78, 5) is 0. The molecule has 0 amide bonds. The van der Waals surface area contributed by atoms with Crippen LogP contribution in [0.1, 0.15) is 71.1 Å². The predicted molar refractivity (Wildman–Crippen MR) is 83.5 cm³/mol. The molecule has 1 heterocycles. The van der Waals surface area contributed by atoms with Gasteiger partial charge in [0.05, 0.1) is 12.7 Å². The summed E-state index contributed by atoms with van der Waals surface area (Å²) >= 11 is 0. The molecule has 0 aromatic rings. The highest BCUT2D eigenvalue weighted by Gasteiger charge is 2.12. The van der Waals surface area contributed by atoms with E-state index in [4.69, 9.17) is 0 Å². The number of hydrogen-bond acceptors (Lipinski definition) is 1.